The molecule has 0 saturated heterocycles. The van der Waals surface area contributed by atoms with Gasteiger partial charge in [-0.25, -0.2) is 0 Å². The van der Waals surface area contributed by atoms with Crippen LogP contribution in [0.2, 0.25) is 0 Å². The normalized spacial score (nSPS) is 10.0. The Balaban J connectivity index is 2.60. The Kier molecular flexibility index (Phi) is 9.27. The molecule has 0 bridgehead atoms. The van der Waals surface area contributed by atoms with Crippen LogP contribution in [0.15, 0.2) is 0 Å². The predicted molar refractivity (Wildman–Crippen MR) is 49.8 cm³/mol. The van der Waals surface area contributed by atoms with Gasteiger partial charge >= 0.3 is 0 Å². The molecule has 0 aromatic heterocycles. The first kappa shape index (κ1) is 9.65. The van der Waals surface area contributed by atoms with Crippen LogP contribution in [0.4, 0.5) is 0 Å². The van der Waals surface area contributed by atoms with Crippen molar-refractivity contribution in [3.8, 4) is 0 Å². The quantitative estimate of drug-likeness (QED) is 0.417. The molecule has 56 valence electrons. The first-order chi connectivity index (χ1) is 4.41. The highest BCUT2D eigenvalue weighted by Crippen LogP contribution is 1.92. The molecule has 0 saturated carbocycles. The van der Waals surface area contributed by atoms with Crippen LogP contribution in [0.5, 0.6) is 0 Å². The van der Waals surface area contributed by atoms with Gasteiger partial charge in [0.2, 0.25) is 0 Å². The van der Waals surface area contributed by atoms with E-state index < -0.39 is 0 Å². The summed E-state index contributed by atoms with van der Waals surface area (Å²) in [5.41, 5.74) is 0. The maximum atomic E-state index is 3.12. The second-order valence-corrected chi connectivity index (χ2v) is 2.81. The SMILES string of the molecule is CNCCCCCNI. The lowest BCUT2D eigenvalue weighted by atomic mass is 10.2. The minimum Gasteiger partial charge on any atom is -0.320 e. The highest BCUT2D eigenvalue weighted by molar-refractivity contribution is 14.1. The Bertz CT molecular complexity index is 44.3. The van der Waals surface area contributed by atoms with E-state index in [4.69, 9.17) is 0 Å². The van der Waals surface area contributed by atoms with E-state index in [0.29, 0.717) is 0 Å². The molecule has 0 aliphatic rings. The molecule has 0 aromatic rings. The van der Waals surface area contributed by atoms with Crippen LogP contribution in [-0.4, -0.2) is 20.1 Å². The van der Waals surface area contributed by atoms with Crippen molar-refractivity contribution in [2.45, 2.75) is 19.3 Å². The third-order valence-corrected chi connectivity index (χ3v) is 1.74. The summed E-state index contributed by atoms with van der Waals surface area (Å²) in [5, 5.41) is 3.12. The molecule has 0 rings (SSSR count). The lowest BCUT2D eigenvalue weighted by Gasteiger charge is -1.97. The fraction of sp³-hybridized carbons (Fsp3) is 1.00. The van der Waals surface area contributed by atoms with Gasteiger partial charge in [0.25, 0.3) is 0 Å². The van der Waals surface area contributed by atoms with Crippen molar-refractivity contribution in [1.29, 1.82) is 0 Å². The Hall–Kier alpha value is 0.650. The highest BCUT2D eigenvalue weighted by atomic mass is 127. The summed E-state index contributed by atoms with van der Waals surface area (Å²) in [5.74, 6) is 0. The molecule has 0 aromatic carbocycles. The van der Waals surface area contributed by atoms with E-state index in [9.17, 15) is 0 Å². The molecule has 0 aliphatic heterocycles. The van der Waals surface area contributed by atoms with Crippen molar-refractivity contribution >= 4 is 22.9 Å². The van der Waals surface area contributed by atoms with E-state index in [1.54, 1.807) is 0 Å². The van der Waals surface area contributed by atoms with Gasteiger partial charge in [0.05, 0.1) is 0 Å². The van der Waals surface area contributed by atoms with Gasteiger partial charge in [-0.05, 0) is 26.4 Å². The predicted octanol–water partition coefficient (Wildman–Crippen LogP) is 1.32. The first-order valence-electron chi connectivity index (χ1n) is 3.40. The number of unbranched alkanes of at least 4 members (excludes halogenated alkanes) is 2. The van der Waals surface area contributed by atoms with E-state index in [1.807, 2.05) is 7.05 Å². The molecule has 2 nitrogen and oxygen atoms in total. The Morgan fingerprint density at radius 2 is 1.78 bits per heavy atom. The smallest absolute Gasteiger partial charge is 0.0169 e. The van der Waals surface area contributed by atoms with Gasteiger partial charge in [-0.2, -0.15) is 0 Å². The zero-order valence-corrected chi connectivity index (χ0v) is 8.07. The second kappa shape index (κ2) is 8.65. The van der Waals surface area contributed by atoms with Gasteiger partial charge in [-0.3, -0.25) is 3.53 Å². The summed E-state index contributed by atoms with van der Waals surface area (Å²) in [7, 11) is 2.00. The van der Waals surface area contributed by atoms with Gasteiger partial charge in [-0.1, -0.05) is 6.42 Å². The first-order valence-corrected chi connectivity index (χ1v) is 4.47. The molecule has 9 heavy (non-hydrogen) atoms. The van der Waals surface area contributed by atoms with E-state index in [2.05, 4.69) is 31.7 Å². The van der Waals surface area contributed by atoms with Crippen molar-refractivity contribution in [2.24, 2.45) is 0 Å². The van der Waals surface area contributed by atoms with Crippen molar-refractivity contribution in [3.63, 3.8) is 0 Å². The summed E-state index contributed by atoms with van der Waals surface area (Å²) in [6, 6.07) is 0. The number of hydrogen-bond acceptors (Lipinski definition) is 2. The van der Waals surface area contributed by atoms with Crippen molar-refractivity contribution in [2.75, 3.05) is 20.1 Å². The van der Waals surface area contributed by atoms with E-state index >= 15 is 0 Å². The van der Waals surface area contributed by atoms with Crippen molar-refractivity contribution in [1.82, 2.24) is 8.85 Å². The topological polar surface area (TPSA) is 24.1 Å². The van der Waals surface area contributed by atoms with Gasteiger partial charge in [0, 0.05) is 29.4 Å². The minimum absolute atomic E-state index is 1.14. The number of rotatable bonds is 6. The highest BCUT2D eigenvalue weighted by Gasteiger charge is 1.85. The molecule has 0 unspecified atom stereocenters. The Morgan fingerprint density at radius 3 is 2.33 bits per heavy atom. The summed E-state index contributed by atoms with van der Waals surface area (Å²) < 4.78 is 3.09. The average molecular weight is 242 g/mol. The van der Waals surface area contributed by atoms with Crippen molar-refractivity contribution < 1.29 is 0 Å². The Labute approximate surface area is 71.3 Å². The largest absolute Gasteiger partial charge is 0.320 e. The third kappa shape index (κ3) is 8.65. The number of hydrogen-bond donors (Lipinski definition) is 2. The summed E-state index contributed by atoms with van der Waals surface area (Å²) in [6.07, 6.45) is 3.93. The van der Waals surface area contributed by atoms with Crippen LogP contribution in [0.25, 0.3) is 0 Å². The van der Waals surface area contributed by atoms with E-state index in [-0.39, 0.29) is 0 Å². The summed E-state index contributed by atoms with van der Waals surface area (Å²) >= 11 is 2.18. The molecule has 0 heterocycles. The van der Waals surface area contributed by atoms with Gasteiger partial charge < -0.3 is 5.32 Å². The monoisotopic (exact) mass is 242 g/mol. The third-order valence-electron chi connectivity index (χ3n) is 1.20. The molecule has 0 aliphatic carbocycles. The molecule has 0 fully saturated rings. The Morgan fingerprint density at radius 1 is 1.11 bits per heavy atom. The minimum atomic E-state index is 1.14. The van der Waals surface area contributed by atoms with Crippen LogP contribution >= 0.6 is 22.9 Å². The molecular weight excluding hydrogens is 227 g/mol. The fourth-order valence-corrected chi connectivity index (χ4v) is 1.05. The van der Waals surface area contributed by atoms with Gasteiger partial charge in [-0.15, -0.1) is 0 Å². The summed E-state index contributed by atoms with van der Waals surface area (Å²) in [6.45, 7) is 2.30. The number of nitrogens with one attached hydrogen (secondary N) is 2. The lowest BCUT2D eigenvalue weighted by Crippen LogP contribution is -2.08. The van der Waals surface area contributed by atoms with Gasteiger partial charge in [0.15, 0.2) is 0 Å². The maximum Gasteiger partial charge on any atom is 0.0169 e. The molecule has 3 heteroatoms. The molecule has 0 spiro atoms. The molecule has 2 N–H and O–H groups in total. The van der Waals surface area contributed by atoms with Crippen molar-refractivity contribution in [3.05, 3.63) is 0 Å². The van der Waals surface area contributed by atoms with E-state index in [1.165, 1.54) is 19.3 Å². The van der Waals surface area contributed by atoms with Gasteiger partial charge in [0.1, 0.15) is 0 Å². The fourth-order valence-electron chi connectivity index (χ4n) is 0.670. The second-order valence-electron chi connectivity index (χ2n) is 2.05. The molecular formula is C6H15IN2. The molecule has 0 radical (unpaired) electrons. The molecule has 0 amide bonds. The lowest BCUT2D eigenvalue weighted by molar-refractivity contribution is 0.643. The summed E-state index contributed by atoms with van der Waals surface area (Å²) in [4.78, 5) is 0. The van der Waals surface area contributed by atoms with Crippen LogP contribution in [0.1, 0.15) is 19.3 Å². The maximum absolute atomic E-state index is 3.12. The van der Waals surface area contributed by atoms with Crippen LogP contribution in [-0.2, 0) is 0 Å². The zero-order chi connectivity index (χ0) is 6.95. The molecule has 0 atom stereocenters. The number of halogens is 1. The van der Waals surface area contributed by atoms with E-state index in [0.717, 1.165) is 13.1 Å². The van der Waals surface area contributed by atoms with Crippen LogP contribution in [0.3, 0.4) is 0 Å². The van der Waals surface area contributed by atoms with Crippen LogP contribution in [0, 0.1) is 0 Å². The zero-order valence-electron chi connectivity index (χ0n) is 5.91. The standard InChI is InChI=1S/C6H15IN2/c1-8-5-3-2-4-6-9-7/h8-9H,2-6H2,1H3. The van der Waals surface area contributed by atoms with Crippen LogP contribution < -0.4 is 8.85 Å². The average Bonchev–Trinajstić information content (AvgIpc) is 1.89.